The number of benzene rings is 2. The molecule has 6 rings (SSSR count). The van der Waals surface area contributed by atoms with Crippen molar-refractivity contribution in [3.05, 3.63) is 104 Å². The zero-order valence-electron chi connectivity index (χ0n) is 26.0. The van der Waals surface area contributed by atoms with Crippen LogP contribution in [0.15, 0.2) is 66.9 Å². The Balaban J connectivity index is 1.38. The fraction of sp³-hybridized carbons (Fsp3) is 0.343. The van der Waals surface area contributed by atoms with E-state index in [1.807, 2.05) is 55.5 Å². The summed E-state index contributed by atoms with van der Waals surface area (Å²) >= 11 is 8.44. The highest BCUT2D eigenvalue weighted by Crippen LogP contribution is 2.38. The predicted molar refractivity (Wildman–Crippen MR) is 177 cm³/mol. The summed E-state index contributed by atoms with van der Waals surface area (Å²) in [5, 5.41) is 3.99. The molecule has 46 heavy (non-hydrogen) atoms. The number of thiophene rings is 1. The van der Waals surface area contributed by atoms with E-state index < -0.39 is 12.1 Å². The van der Waals surface area contributed by atoms with Crippen LogP contribution in [0.2, 0.25) is 5.02 Å². The molecule has 240 valence electrons. The number of ether oxygens (including phenoxy) is 4. The number of esters is 2. The van der Waals surface area contributed by atoms with E-state index in [2.05, 4.69) is 15.2 Å². The van der Waals surface area contributed by atoms with Crippen LogP contribution in [0, 0.1) is 6.92 Å². The molecule has 0 spiro atoms. The Morgan fingerprint density at radius 2 is 1.78 bits per heavy atom. The van der Waals surface area contributed by atoms with Gasteiger partial charge in [0.15, 0.2) is 11.5 Å². The molecule has 1 unspecified atom stereocenters. The number of rotatable bonds is 4. The maximum Gasteiger partial charge on any atom is 0.348 e. The van der Waals surface area contributed by atoms with Gasteiger partial charge in [0.25, 0.3) is 0 Å². The van der Waals surface area contributed by atoms with Crippen LogP contribution >= 0.6 is 22.9 Å². The Morgan fingerprint density at radius 1 is 0.978 bits per heavy atom. The lowest BCUT2D eigenvalue weighted by Crippen LogP contribution is -2.28. The van der Waals surface area contributed by atoms with Crippen molar-refractivity contribution in [2.45, 2.75) is 51.0 Å². The number of hydrogen-bond acceptors (Lipinski definition) is 10. The molecule has 0 saturated carbocycles. The summed E-state index contributed by atoms with van der Waals surface area (Å²) in [5.74, 6) is 0.996. The molecule has 9 nitrogen and oxygen atoms in total. The summed E-state index contributed by atoms with van der Waals surface area (Å²) in [6, 6.07) is 18.7. The summed E-state index contributed by atoms with van der Waals surface area (Å²) < 4.78 is 23.2. The first kappa shape index (κ1) is 31.8. The van der Waals surface area contributed by atoms with Crippen LogP contribution in [0.5, 0.6) is 11.5 Å². The summed E-state index contributed by atoms with van der Waals surface area (Å²) in [5.41, 5.74) is 3.41. The number of methoxy groups -OCH3 is 2. The zero-order valence-corrected chi connectivity index (χ0v) is 27.5. The molecular formula is C35H36ClN3O6S. The molecule has 11 heteroatoms. The van der Waals surface area contributed by atoms with Crippen LogP contribution in [-0.4, -0.2) is 50.3 Å². The molecule has 0 amide bonds. The minimum Gasteiger partial charge on any atom is -0.493 e. The van der Waals surface area contributed by atoms with Crippen LogP contribution in [0.1, 0.15) is 61.8 Å². The molecule has 1 saturated heterocycles. The Morgan fingerprint density at radius 3 is 2.57 bits per heavy atom. The minimum atomic E-state index is -0.681. The minimum absolute atomic E-state index is 0.168. The molecule has 0 aliphatic carbocycles. The topological polar surface area (TPSA) is 99.2 Å². The van der Waals surface area contributed by atoms with Crippen LogP contribution in [0.3, 0.4) is 0 Å². The predicted octanol–water partition coefficient (Wildman–Crippen LogP) is 6.62. The number of nitrogens with zero attached hydrogens (tertiary/aromatic N) is 2. The number of cyclic esters (lactones) is 1. The van der Waals surface area contributed by atoms with E-state index >= 15 is 0 Å². The summed E-state index contributed by atoms with van der Waals surface area (Å²) in [6.45, 7) is 3.53. The average Bonchev–Trinajstić information content (AvgIpc) is 3.74. The molecular weight excluding hydrogens is 626 g/mol. The fourth-order valence-corrected chi connectivity index (χ4v) is 7.18. The largest absolute Gasteiger partial charge is 0.493 e. The zero-order chi connectivity index (χ0) is 32.2. The standard InChI is InChI=1S/C35H36ClN3O6S/c1-21-18-38-34-33(36)26(21)16-29(23-9-11-28(42-2)30(15-23)43-3)45-35(41)31-12-10-25(46-31)19-37-27(22-7-5-4-6-8-22)17-32(40)44-24-13-14-39(34)20-24/h4-12,15,18,24,27,29,37H,13-14,16-17,19-20H2,1-3H3/t24-,27?,29+/m1/s1. The fourth-order valence-electron chi connectivity index (χ4n) is 5.94. The van der Waals surface area contributed by atoms with Crippen molar-refractivity contribution >= 4 is 40.7 Å². The van der Waals surface area contributed by atoms with E-state index in [0.29, 0.717) is 59.7 Å². The van der Waals surface area contributed by atoms with Gasteiger partial charge in [-0.05, 0) is 53.4 Å². The second-order valence-electron chi connectivity index (χ2n) is 11.4. The maximum absolute atomic E-state index is 13.7. The molecule has 0 radical (unpaired) electrons. The lowest BCUT2D eigenvalue weighted by Gasteiger charge is -2.24. The van der Waals surface area contributed by atoms with E-state index in [4.69, 9.17) is 30.5 Å². The molecule has 2 aromatic carbocycles. The van der Waals surface area contributed by atoms with E-state index in [9.17, 15) is 9.59 Å². The summed E-state index contributed by atoms with van der Waals surface area (Å²) in [7, 11) is 3.15. The number of halogens is 1. The van der Waals surface area contributed by atoms with Crippen LogP contribution < -0.4 is 19.7 Å². The third-order valence-corrected chi connectivity index (χ3v) is 9.90. The van der Waals surface area contributed by atoms with Gasteiger partial charge >= 0.3 is 11.9 Å². The average molecular weight is 662 g/mol. The molecule has 3 atom stereocenters. The number of carbonyl (C=O) groups excluding carboxylic acids is 2. The molecule has 1 N–H and O–H groups in total. The number of anilines is 1. The van der Waals surface area contributed by atoms with Gasteiger partial charge in [-0.2, -0.15) is 0 Å². The van der Waals surface area contributed by atoms with Crippen LogP contribution in [0.25, 0.3) is 0 Å². The normalized spacial score (nSPS) is 20.6. The van der Waals surface area contributed by atoms with Crippen molar-refractivity contribution in [2.24, 2.45) is 0 Å². The molecule has 2 aromatic heterocycles. The number of carbonyl (C=O) groups is 2. The van der Waals surface area contributed by atoms with Crippen LogP contribution in [0.4, 0.5) is 5.82 Å². The first-order valence-electron chi connectivity index (χ1n) is 15.2. The maximum atomic E-state index is 13.7. The van der Waals surface area contributed by atoms with E-state index in [1.165, 1.54) is 11.3 Å². The molecule has 1 fully saturated rings. The lowest BCUT2D eigenvalue weighted by molar-refractivity contribution is -0.148. The second kappa shape index (κ2) is 14.1. The Hall–Kier alpha value is -4.12. The monoisotopic (exact) mass is 661 g/mol. The highest BCUT2D eigenvalue weighted by Gasteiger charge is 2.31. The third kappa shape index (κ3) is 6.99. The van der Waals surface area contributed by atoms with Gasteiger partial charge in [0, 0.05) is 43.0 Å². The molecule has 2 aliphatic heterocycles. The van der Waals surface area contributed by atoms with Gasteiger partial charge < -0.3 is 29.2 Å². The van der Waals surface area contributed by atoms with Gasteiger partial charge in [-0.25, -0.2) is 9.78 Å². The van der Waals surface area contributed by atoms with Crippen molar-refractivity contribution in [3.8, 4) is 11.5 Å². The van der Waals surface area contributed by atoms with Gasteiger partial charge in [0.1, 0.15) is 22.9 Å². The molecule has 4 aromatic rings. The first-order chi connectivity index (χ1) is 22.3. The smallest absolute Gasteiger partial charge is 0.348 e. The Bertz CT molecular complexity index is 1710. The number of aromatic nitrogens is 1. The molecule has 6 bridgehead atoms. The Kier molecular flexibility index (Phi) is 9.77. The molecule has 2 aliphatic rings. The van der Waals surface area contributed by atoms with Gasteiger partial charge in [-0.3, -0.25) is 4.79 Å². The van der Waals surface area contributed by atoms with Gasteiger partial charge in [-0.15, -0.1) is 11.3 Å². The summed E-state index contributed by atoms with van der Waals surface area (Å²) in [4.78, 5) is 35.0. The number of pyridine rings is 1. The van der Waals surface area contributed by atoms with E-state index in [-0.39, 0.29) is 24.5 Å². The van der Waals surface area contributed by atoms with Gasteiger partial charge in [0.2, 0.25) is 0 Å². The third-order valence-electron chi connectivity index (χ3n) is 8.44. The van der Waals surface area contributed by atoms with Crippen molar-refractivity contribution in [1.29, 1.82) is 0 Å². The number of nitrogens with one attached hydrogen (secondary N) is 1. The van der Waals surface area contributed by atoms with Gasteiger partial charge in [0.05, 0.1) is 32.2 Å². The highest BCUT2D eigenvalue weighted by molar-refractivity contribution is 7.13. The van der Waals surface area contributed by atoms with Crippen molar-refractivity contribution in [3.63, 3.8) is 0 Å². The van der Waals surface area contributed by atoms with Gasteiger partial charge in [-0.1, -0.05) is 48.0 Å². The number of aryl methyl sites for hydroxylation is 1. The van der Waals surface area contributed by atoms with E-state index in [1.54, 1.807) is 32.5 Å². The lowest BCUT2D eigenvalue weighted by atomic mass is 9.98. The van der Waals surface area contributed by atoms with Crippen LogP contribution in [-0.2, 0) is 27.2 Å². The van der Waals surface area contributed by atoms with E-state index in [0.717, 1.165) is 27.1 Å². The van der Waals surface area contributed by atoms with Crippen molar-refractivity contribution < 1.29 is 28.5 Å². The SMILES string of the molecule is COc1ccc([C@@H]2Cc3c(C)cnc(c3Cl)N3CC[C@H](C3)OC(=O)CC(c3ccccc3)NCc3ccc(s3)C(=O)O2)cc1OC. The number of fused-ring (bicyclic) bond motifs is 7. The molecule has 4 heterocycles. The first-order valence-corrected chi connectivity index (χ1v) is 16.4. The van der Waals surface area contributed by atoms with Crippen molar-refractivity contribution in [1.82, 2.24) is 10.3 Å². The summed E-state index contributed by atoms with van der Waals surface area (Å²) in [6.07, 6.45) is 1.97. The highest BCUT2D eigenvalue weighted by atomic mass is 35.5. The van der Waals surface area contributed by atoms with Crippen molar-refractivity contribution in [2.75, 3.05) is 32.2 Å². The second-order valence-corrected chi connectivity index (χ2v) is 13.0. The Labute approximate surface area is 277 Å². The number of hydrogen-bond donors (Lipinski definition) is 1. The quantitative estimate of drug-likeness (QED) is 0.242.